The fourth-order valence-corrected chi connectivity index (χ4v) is 0.726. The minimum atomic E-state index is -2.37. The molecule has 0 aromatic rings. The van der Waals surface area contributed by atoms with E-state index in [1.165, 1.54) is 0 Å². The summed E-state index contributed by atoms with van der Waals surface area (Å²) in [6, 6.07) is 0. The van der Waals surface area contributed by atoms with Crippen molar-refractivity contribution in [3.63, 3.8) is 0 Å². The zero-order chi connectivity index (χ0) is 8.69. The molecule has 1 unspecified atom stereocenters. The monoisotopic (exact) mass is 167 g/mol. The first kappa shape index (κ1) is 10.8. The first-order valence-corrected chi connectivity index (χ1v) is 3.76. The summed E-state index contributed by atoms with van der Waals surface area (Å²) in [5, 5.41) is 0. The van der Waals surface area contributed by atoms with Gasteiger partial charge in [-0.15, -0.1) is 0 Å². The van der Waals surface area contributed by atoms with Gasteiger partial charge in [-0.3, -0.25) is 0 Å². The Morgan fingerprint density at radius 2 is 2.09 bits per heavy atom. The van der Waals surface area contributed by atoms with E-state index in [1.54, 1.807) is 6.92 Å². The van der Waals surface area contributed by atoms with Gasteiger partial charge in [0.25, 0.3) is 6.43 Å². The summed E-state index contributed by atoms with van der Waals surface area (Å²) < 4.78 is 27.9. The Bertz CT molecular complexity index is 90.5. The number of halogens is 2. The highest BCUT2D eigenvalue weighted by Crippen LogP contribution is 2.02. The van der Waals surface area contributed by atoms with E-state index in [9.17, 15) is 8.78 Å². The zero-order valence-corrected chi connectivity index (χ0v) is 6.72. The summed E-state index contributed by atoms with van der Waals surface area (Å²) in [7, 11) is 0. The maximum absolute atomic E-state index is 11.6. The van der Waals surface area contributed by atoms with E-state index < -0.39 is 13.0 Å². The van der Waals surface area contributed by atoms with Crippen LogP contribution in [0.5, 0.6) is 0 Å². The standard InChI is InChI=1S/C7H15F2NO/c1-6(3-2-4-10)11-5-7(8)9/h6-7H,2-5,10H2,1H3. The summed E-state index contributed by atoms with van der Waals surface area (Å²) >= 11 is 0. The van der Waals surface area contributed by atoms with Gasteiger partial charge < -0.3 is 10.5 Å². The summed E-state index contributed by atoms with van der Waals surface area (Å²) in [5.74, 6) is 0. The van der Waals surface area contributed by atoms with Crippen molar-refractivity contribution in [2.75, 3.05) is 13.2 Å². The maximum atomic E-state index is 11.6. The van der Waals surface area contributed by atoms with Crippen LogP contribution >= 0.6 is 0 Å². The molecule has 0 aliphatic rings. The summed E-state index contributed by atoms with van der Waals surface area (Å²) in [6.45, 7) is 1.89. The van der Waals surface area contributed by atoms with Crippen molar-refractivity contribution in [3.05, 3.63) is 0 Å². The molecule has 2 nitrogen and oxygen atoms in total. The topological polar surface area (TPSA) is 35.2 Å². The Hall–Kier alpha value is -0.220. The molecule has 0 saturated carbocycles. The first-order valence-electron chi connectivity index (χ1n) is 3.76. The van der Waals surface area contributed by atoms with E-state index in [0.29, 0.717) is 6.54 Å². The normalized spacial score (nSPS) is 13.9. The Labute approximate surface area is 65.7 Å². The molecule has 0 bridgehead atoms. The second-order valence-electron chi connectivity index (χ2n) is 2.47. The fourth-order valence-electron chi connectivity index (χ4n) is 0.726. The summed E-state index contributed by atoms with van der Waals surface area (Å²) in [4.78, 5) is 0. The molecule has 4 heteroatoms. The van der Waals surface area contributed by atoms with Gasteiger partial charge in [0.05, 0.1) is 6.10 Å². The highest BCUT2D eigenvalue weighted by atomic mass is 19.3. The largest absolute Gasteiger partial charge is 0.373 e. The Kier molecular flexibility index (Phi) is 6.36. The lowest BCUT2D eigenvalue weighted by atomic mass is 10.2. The third kappa shape index (κ3) is 7.68. The molecule has 0 rings (SSSR count). The lowest BCUT2D eigenvalue weighted by Gasteiger charge is -2.11. The number of rotatable bonds is 6. The van der Waals surface area contributed by atoms with Crippen molar-refractivity contribution in [2.45, 2.75) is 32.3 Å². The van der Waals surface area contributed by atoms with Crippen molar-refractivity contribution in [2.24, 2.45) is 5.73 Å². The van der Waals surface area contributed by atoms with E-state index in [-0.39, 0.29) is 6.10 Å². The Morgan fingerprint density at radius 3 is 2.55 bits per heavy atom. The number of ether oxygens (including phenoxy) is 1. The van der Waals surface area contributed by atoms with Gasteiger partial charge in [0.1, 0.15) is 6.61 Å². The second kappa shape index (κ2) is 6.49. The average Bonchev–Trinajstić information content (AvgIpc) is 1.97. The number of hydrogen-bond acceptors (Lipinski definition) is 2. The molecule has 0 spiro atoms. The zero-order valence-electron chi connectivity index (χ0n) is 6.72. The van der Waals surface area contributed by atoms with Crippen LogP contribution in [0.25, 0.3) is 0 Å². The van der Waals surface area contributed by atoms with E-state index >= 15 is 0 Å². The second-order valence-corrected chi connectivity index (χ2v) is 2.47. The van der Waals surface area contributed by atoms with Gasteiger partial charge in [-0.25, -0.2) is 8.78 Å². The van der Waals surface area contributed by atoms with E-state index in [1.807, 2.05) is 0 Å². The highest BCUT2D eigenvalue weighted by molar-refractivity contribution is 4.51. The quantitative estimate of drug-likeness (QED) is 0.649. The van der Waals surface area contributed by atoms with Gasteiger partial charge in [-0.2, -0.15) is 0 Å². The van der Waals surface area contributed by atoms with Crippen LogP contribution < -0.4 is 5.73 Å². The molecular formula is C7H15F2NO. The molecule has 11 heavy (non-hydrogen) atoms. The predicted molar refractivity (Wildman–Crippen MR) is 39.7 cm³/mol. The van der Waals surface area contributed by atoms with E-state index in [2.05, 4.69) is 0 Å². The van der Waals surface area contributed by atoms with Crippen LogP contribution in [0, 0.1) is 0 Å². The van der Waals surface area contributed by atoms with Crippen molar-refractivity contribution >= 4 is 0 Å². The molecule has 0 aliphatic carbocycles. The molecule has 2 N–H and O–H groups in total. The van der Waals surface area contributed by atoms with Gasteiger partial charge in [0, 0.05) is 0 Å². The van der Waals surface area contributed by atoms with Crippen molar-refractivity contribution < 1.29 is 13.5 Å². The third-order valence-electron chi connectivity index (χ3n) is 1.32. The molecule has 0 aromatic carbocycles. The Morgan fingerprint density at radius 1 is 1.45 bits per heavy atom. The number of alkyl halides is 2. The van der Waals surface area contributed by atoms with Crippen LogP contribution in [-0.4, -0.2) is 25.7 Å². The lowest BCUT2D eigenvalue weighted by molar-refractivity contribution is -0.0201. The first-order chi connectivity index (χ1) is 5.16. The third-order valence-corrected chi connectivity index (χ3v) is 1.32. The summed E-state index contributed by atoms with van der Waals surface area (Å²) in [5.41, 5.74) is 5.23. The van der Waals surface area contributed by atoms with E-state index in [0.717, 1.165) is 12.8 Å². The van der Waals surface area contributed by atoms with Crippen LogP contribution in [0.15, 0.2) is 0 Å². The van der Waals surface area contributed by atoms with Crippen LogP contribution in [0.2, 0.25) is 0 Å². The smallest absolute Gasteiger partial charge is 0.261 e. The van der Waals surface area contributed by atoms with Crippen molar-refractivity contribution in [1.82, 2.24) is 0 Å². The van der Waals surface area contributed by atoms with Crippen LogP contribution in [0.1, 0.15) is 19.8 Å². The Balaban J connectivity index is 3.15. The SMILES string of the molecule is CC(CCCN)OCC(F)F. The molecule has 0 amide bonds. The average molecular weight is 167 g/mol. The molecule has 0 saturated heterocycles. The molecule has 0 aliphatic heterocycles. The highest BCUT2D eigenvalue weighted by Gasteiger charge is 2.06. The maximum Gasteiger partial charge on any atom is 0.261 e. The summed E-state index contributed by atoms with van der Waals surface area (Å²) in [6.07, 6.45) is -0.893. The van der Waals surface area contributed by atoms with Crippen LogP contribution in [-0.2, 0) is 4.74 Å². The molecule has 1 atom stereocenters. The molecule has 0 aromatic heterocycles. The molecule has 0 radical (unpaired) electrons. The number of hydrogen-bond donors (Lipinski definition) is 1. The van der Waals surface area contributed by atoms with Crippen molar-refractivity contribution in [3.8, 4) is 0 Å². The van der Waals surface area contributed by atoms with Gasteiger partial charge in [0.2, 0.25) is 0 Å². The molecule has 68 valence electrons. The molecular weight excluding hydrogens is 152 g/mol. The van der Waals surface area contributed by atoms with Gasteiger partial charge in [-0.1, -0.05) is 0 Å². The molecule has 0 heterocycles. The number of nitrogens with two attached hydrogens (primary N) is 1. The van der Waals surface area contributed by atoms with Gasteiger partial charge >= 0.3 is 0 Å². The van der Waals surface area contributed by atoms with E-state index in [4.69, 9.17) is 10.5 Å². The predicted octanol–water partition coefficient (Wildman–Crippen LogP) is 1.40. The lowest BCUT2D eigenvalue weighted by Crippen LogP contribution is -2.15. The van der Waals surface area contributed by atoms with Crippen molar-refractivity contribution in [1.29, 1.82) is 0 Å². The molecule has 0 fully saturated rings. The fraction of sp³-hybridized carbons (Fsp3) is 1.00. The van der Waals surface area contributed by atoms with Crippen LogP contribution in [0.4, 0.5) is 8.78 Å². The minimum Gasteiger partial charge on any atom is -0.373 e. The van der Waals surface area contributed by atoms with Gasteiger partial charge in [0.15, 0.2) is 0 Å². The van der Waals surface area contributed by atoms with Crippen LogP contribution in [0.3, 0.4) is 0 Å². The minimum absolute atomic E-state index is 0.104. The van der Waals surface area contributed by atoms with Gasteiger partial charge in [-0.05, 0) is 26.3 Å².